The Morgan fingerprint density at radius 3 is 2.57 bits per heavy atom. The number of hydrogen-bond acceptors (Lipinski definition) is 4. The van der Waals surface area contributed by atoms with Crippen molar-refractivity contribution in [2.75, 3.05) is 13.1 Å². The number of aromatic nitrogens is 3. The summed E-state index contributed by atoms with van der Waals surface area (Å²) in [6, 6.07) is 3.44. The van der Waals surface area contributed by atoms with E-state index in [9.17, 15) is 14.7 Å². The molecule has 0 spiro atoms. The van der Waals surface area contributed by atoms with Crippen LogP contribution >= 0.6 is 11.6 Å². The van der Waals surface area contributed by atoms with Gasteiger partial charge >= 0.3 is 0 Å². The van der Waals surface area contributed by atoms with E-state index in [-0.39, 0.29) is 17.6 Å². The zero-order valence-corrected chi connectivity index (χ0v) is 17.5. The summed E-state index contributed by atoms with van der Waals surface area (Å²) in [4.78, 5) is 35.0. The molecule has 2 N–H and O–H groups in total. The lowest BCUT2D eigenvalue weighted by Gasteiger charge is -2.30. The number of nitrogens with one attached hydrogen (secondary N) is 1. The average Bonchev–Trinajstić information content (AvgIpc) is 3.21. The Balaban J connectivity index is 1.62. The zero-order chi connectivity index (χ0) is 20.8. The molecule has 1 saturated heterocycles. The number of piperidine rings is 1. The lowest BCUT2D eigenvalue weighted by atomic mass is 9.89. The predicted molar refractivity (Wildman–Crippen MR) is 115 cm³/mol. The highest BCUT2D eigenvalue weighted by molar-refractivity contribution is 6.34. The van der Waals surface area contributed by atoms with E-state index in [0.29, 0.717) is 53.5 Å². The Morgan fingerprint density at radius 2 is 1.83 bits per heavy atom. The number of halogens is 1. The second-order valence-corrected chi connectivity index (χ2v) is 8.91. The molecule has 0 unspecified atom stereocenters. The summed E-state index contributed by atoms with van der Waals surface area (Å²) in [5, 5.41) is 10.1. The molecule has 7 nitrogen and oxygen atoms in total. The van der Waals surface area contributed by atoms with Crippen LogP contribution in [0.3, 0.4) is 0 Å². The number of fused-ring (bicyclic) bond motifs is 3. The largest absolute Gasteiger partial charge is 0.393 e. The molecule has 3 aromatic rings. The Morgan fingerprint density at radius 1 is 1.10 bits per heavy atom. The van der Waals surface area contributed by atoms with Gasteiger partial charge in [0, 0.05) is 19.0 Å². The average molecular weight is 429 g/mol. The number of benzene rings is 1. The van der Waals surface area contributed by atoms with E-state index >= 15 is 0 Å². The van der Waals surface area contributed by atoms with Gasteiger partial charge in [-0.15, -0.1) is 0 Å². The molecular formula is C22H25ClN4O3. The van der Waals surface area contributed by atoms with Crippen LogP contribution in [0.5, 0.6) is 0 Å². The van der Waals surface area contributed by atoms with Gasteiger partial charge in [0.15, 0.2) is 0 Å². The SMILES string of the molecule is O=C(c1cc2[nH]c(=O)c3cnc(C4CCCCC4)n3c2cc1Cl)N1CCC(O)CC1. The number of H-pyrrole nitrogens is 1. The second-order valence-electron chi connectivity index (χ2n) is 8.50. The van der Waals surface area contributed by atoms with Crippen LogP contribution in [-0.4, -0.2) is 49.5 Å². The molecule has 1 saturated carbocycles. The van der Waals surface area contributed by atoms with Gasteiger partial charge in [0.05, 0.1) is 33.9 Å². The monoisotopic (exact) mass is 428 g/mol. The highest BCUT2D eigenvalue weighted by Gasteiger charge is 2.26. The van der Waals surface area contributed by atoms with Gasteiger partial charge in [-0.05, 0) is 37.8 Å². The van der Waals surface area contributed by atoms with Crippen LogP contribution in [-0.2, 0) is 0 Å². The fourth-order valence-corrected chi connectivity index (χ4v) is 5.10. The number of carbonyl (C=O) groups is 1. The fraction of sp³-hybridized carbons (Fsp3) is 0.500. The van der Waals surface area contributed by atoms with Gasteiger partial charge in [-0.1, -0.05) is 30.9 Å². The molecule has 30 heavy (non-hydrogen) atoms. The maximum absolute atomic E-state index is 13.0. The van der Waals surface area contributed by atoms with Gasteiger partial charge in [0.2, 0.25) is 0 Å². The number of rotatable bonds is 2. The van der Waals surface area contributed by atoms with E-state index < -0.39 is 0 Å². The molecule has 158 valence electrons. The third-order valence-corrected chi connectivity index (χ3v) is 6.86. The first-order valence-corrected chi connectivity index (χ1v) is 11.1. The topological polar surface area (TPSA) is 90.7 Å². The quantitative estimate of drug-likeness (QED) is 0.653. The molecule has 2 fully saturated rings. The van der Waals surface area contributed by atoms with E-state index in [0.717, 1.165) is 24.2 Å². The second kappa shape index (κ2) is 7.71. The van der Waals surface area contributed by atoms with E-state index in [4.69, 9.17) is 11.6 Å². The van der Waals surface area contributed by atoms with Crippen LogP contribution in [0, 0.1) is 0 Å². The molecule has 1 aliphatic heterocycles. The van der Waals surface area contributed by atoms with Gasteiger partial charge in [0.1, 0.15) is 11.3 Å². The predicted octanol–water partition coefficient (Wildman–Crippen LogP) is 3.47. The lowest BCUT2D eigenvalue weighted by Crippen LogP contribution is -2.40. The number of aliphatic hydroxyl groups excluding tert-OH is 1. The molecule has 1 aliphatic carbocycles. The van der Waals surface area contributed by atoms with Gasteiger partial charge in [-0.25, -0.2) is 4.98 Å². The third kappa shape index (κ3) is 3.30. The summed E-state index contributed by atoms with van der Waals surface area (Å²) >= 11 is 6.57. The number of hydrogen-bond donors (Lipinski definition) is 2. The van der Waals surface area contributed by atoms with Gasteiger partial charge in [0.25, 0.3) is 11.5 Å². The van der Waals surface area contributed by atoms with Crippen molar-refractivity contribution in [2.45, 2.75) is 57.0 Å². The molecular weight excluding hydrogens is 404 g/mol. The van der Waals surface area contributed by atoms with Gasteiger partial charge in [-0.3, -0.25) is 14.0 Å². The standard InChI is InChI=1S/C22H25ClN4O3/c23-16-11-18-17(10-15(16)22(30)26-8-6-14(28)7-9-26)25-21(29)19-12-24-20(27(18)19)13-4-2-1-3-5-13/h10-14,28H,1-9H2,(H,25,29). The first-order chi connectivity index (χ1) is 14.5. The molecule has 8 heteroatoms. The Hall–Kier alpha value is -2.38. The smallest absolute Gasteiger partial charge is 0.274 e. The molecule has 0 radical (unpaired) electrons. The minimum Gasteiger partial charge on any atom is -0.393 e. The van der Waals surface area contributed by atoms with Crippen molar-refractivity contribution in [3.05, 3.63) is 45.1 Å². The van der Waals surface area contributed by atoms with Crippen molar-refractivity contribution in [3.63, 3.8) is 0 Å². The summed E-state index contributed by atoms with van der Waals surface area (Å²) in [6.45, 7) is 0.995. The molecule has 5 rings (SSSR count). The summed E-state index contributed by atoms with van der Waals surface area (Å²) < 4.78 is 1.92. The first-order valence-electron chi connectivity index (χ1n) is 10.7. The summed E-state index contributed by atoms with van der Waals surface area (Å²) in [5.74, 6) is 1.06. The van der Waals surface area contributed by atoms with Crippen molar-refractivity contribution in [3.8, 4) is 0 Å². The maximum atomic E-state index is 13.0. The number of nitrogens with zero attached hydrogens (tertiary/aromatic N) is 3. The number of likely N-dealkylation sites (tertiary alicyclic amines) is 1. The lowest BCUT2D eigenvalue weighted by molar-refractivity contribution is 0.0547. The van der Waals surface area contributed by atoms with E-state index in [1.165, 1.54) is 19.3 Å². The number of carbonyl (C=O) groups excluding carboxylic acids is 1. The number of imidazole rings is 1. The number of aliphatic hydroxyl groups is 1. The normalized spacial score (nSPS) is 19.1. The van der Waals surface area contributed by atoms with E-state index in [2.05, 4.69) is 9.97 Å². The molecule has 2 aliphatic rings. The fourth-order valence-electron chi connectivity index (χ4n) is 4.87. The van der Waals surface area contributed by atoms with Gasteiger partial charge < -0.3 is 15.0 Å². The first kappa shape index (κ1) is 19.6. The molecule has 0 bridgehead atoms. The number of amides is 1. The van der Waals surface area contributed by atoms with Crippen molar-refractivity contribution in [1.82, 2.24) is 19.3 Å². The molecule has 1 aromatic carbocycles. The van der Waals surface area contributed by atoms with Crippen LogP contribution in [0.1, 0.15) is 67.0 Å². The molecule has 1 amide bonds. The molecule has 2 aromatic heterocycles. The Labute approximate surface area is 178 Å². The maximum Gasteiger partial charge on any atom is 0.274 e. The van der Waals surface area contributed by atoms with Crippen LogP contribution in [0.25, 0.3) is 16.6 Å². The van der Waals surface area contributed by atoms with Crippen LogP contribution in [0.4, 0.5) is 0 Å². The Bertz CT molecular complexity index is 1170. The molecule has 3 heterocycles. The zero-order valence-electron chi connectivity index (χ0n) is 16.7. The molecule has 0 atom stereocenters. The highest BCUT2D eigenvalue weighted by Crippen LogP contribution is 2.34. The van der Waals surface area contributed by atoms with Crippen LogP contribution < -0.4 is 5.56 Å². The van der Waals surface area contributed by atoms with Crippen molar-refractivity contribution < 1.29 is 9.90 Å². The van der Waals surface area contributed by atoms with Crippen LogP contribution in [0.15, 0.2) is 23.1 Å². The number of aromatic amines is 1. The van der Waals surface area contributed by atoms with Crippen molar-refractivity contribution in [1.29, 1.82) is 0 Å². The highest BCUT2D eigenvalue weighted by atomic mass is 35.5. The van der Waals surface area contributed by atoms with Crippen molar-refractivity contribution >= 4 is 34.1 Å². The third-order valence-electron chi connectivity index (χ3n) is 6.55. The van der Waals surface area contributed by atoms with Crippen molar-refractivity contribution in [2.24, 2.45) is 0 Å². The summed E-state index contributed by atoms with van der Waals surface area (Å²) in [6.07, 6.45) is 8.12. The van der Waals surface area contributed by atoms with Gasteiger partial charge in [-0.2, -0.15) is 0 Å². The van der Waals surface area contributed by atoms with Crippen LogP contribution in [0.2, 0.25) is 5.02 Å². The van der Waals surface area contributed by atoms with E-state index in [1.54, 1.807) is 23.2 Å². The minimum absolute atomic E-state index is 0.173. The summed E-state index contributed by atoms with van der Waals surface area (Å²) in [5.41, 5.74) is 1.99. The summed E-state index contributed by atoms with van der Waals surface area (Å²) in [7, 11) is 0. The minimum atomic E-state index is -0.356. The van der Waals surface area contributed by atoms with E-state index in [1.807, 2.05) is 4.40 Å². The Kier molecular flexibility index (Phi) is 5.03.